The zero-order valence-corrected chi connectivity index (χ0v) is 12.4. The van der Waals surface area contributed by atoms with Gasteiger partial charge < -0.3 is 15.5 Å². The summed E-state index contributed by atoms with van der Waals surface area (Å²) in [5.41, 5.74) is -0.949. The Balaban J connectivity index is 2.77. The standard InChI is InChI=1S/C15H18F3NO4/c1-2-3-4-11(14(22)23)19-13(21)12(20)9-5-7-10(8-6-9)15(16,17)18/h5-8,11-12,20H,2-4H2,1H3,(H,19,21)(H,22,23)/t11-,12-/m1/s1. The summed E-state index contributed by atoms with van der Waals surface area (Å²) in [6, 6.07) is 2.31. The molecule has 2 atom stereocenters. The van der Waals surface area contributed by atoms with Crippen LogP contribution in [0.25, 0.3) is 0 Å². The van der Waals surface area contributed by atoms with Gasteiger partial charge in [0.25, 0.3) is 5.91 Å². The number of amides is 1. The molecule has 0 saturated heterocycles. The smallest absolute Gasteiger partial charge is 0.416 e. The maximum absolute atomic E-state index is 12.5. The van der Waals surface area contributed by atoms with E-state index in [0.29, 0.717) is 6.42 Å². The van der Waals surface area contributed by atoms with Crippen molar-refractivity contribution >= 4 is 11.9 Å². The van der Waals surface area contributed by atoms with Gasteiger partial charge in [0.05, 0.1) is 5.56 Å². The molecule has 3 N–H and O–H groups in total. The monoisotopic (exact) mass is 333 g/mol. The predicted octanol–water partition coefficient (Wildman–Crippen LogP) is 2.50. The van der Waals surface area contributed by atoms with Crippen LogP contribution in [0.15, 0.2) is 24.3 Å². The molecule has 128 valence electrons. The summed E-state index contributed by atoms with van der Waals surface area (Å²) in [5, 5.41) is 21.0. The van der Waals surface area contributed by atoms with Gasteiger partial charge in [0.15, 0.2) is 6.10 Å². The molecule has 0 aromatic heterocycles. The van der Waals surface area contributed by atoms with Crippen LogP contribution in [-0.4, -0.2) is 28.1 Å². The van der Waals surface area contributed by atoms with Gasteiger partial charge in [0.2, 0.25) is 0 Å². The highest BCUT2D eigenvalue weighted by atomic mass is 19.4. The molecule has 0 unspecified atom stereocenters. The Morgan fingerprint density at radius 1 is 1.22 bits per heavy atom. The average Bonchev–Trinajstić information content (AvgIpc) is 2.49. The normalized spacial score (nSPS) is 14.1. The molecule has 0 spiro atoms. The lowest BCUT2D eigenvalue weighted by Crippen LogP contribution is -2.43. The van der Waals surface area contributed by atoms with Gasteiger partial charge in [-0.1, -0.05) is 31.9 Å². The third-order valence-electron chi connectivity index (χ3n) is 3.26. The first-order chi connectivity index (χ1) is 10.7. The molecule has 1 rings (SSSR count). The number of carbonyl (C=O) groups is 2. The van der Waals surface area contributed by atoms with Crippen molar-refractivity contribution in [3.8, 4) is 0 Å². The molecule has 8 heteroatoms. The van der Waals surface area contributed by atoms with Crippen molar-refractivity contribution in [3.63, 3.8) is 0 Å². The molecular weight excluding hydrogens is 315 g/mol. The molecule has 1 aromatic carbocycles. The summed E-state index contributed by atoms with van der Waals surface area (Å²) in [7, 11) is 0. The highest BCUT2D eigenvalue weighted by Crippen LogP contribution is 2.29. The quantitative estimate of drug-likeness (QED) is 0.715. The molecule has 1 amide bonds. The number of alkyl halides is 3. The molecule has 0 bridgehead atoms. The van der Waals surface area contributed by atoms with Crippen LogP contribution in [0.3, 0.4) is 0 Å². The molecule has 0 saturated carbocycles. The number of benzene rings is 1. The van der Waals surface area contributed by atoms with Crippen LogP contribution in [0.1, 0.15) is 43.4 Å². The zero-order chi connectivity index (χ0) is 17.6. The summed E-state index contributed by atoms with van der Waals surface area (Å²) < 4.78 is 37.4. The van der Waals surface area contributed by atoms with E-state index >= 15 is 0 Å². The Bertz CT molecular complexity index is 543. The number of aliphatic hydroxyl groups is 1. The highest BCUT2D eigenvalue weighted by molar-refractivity contribution is 5.86. The minimum atomic E-state index is -4.51. The fourth-order valence-electron chi connectivity index (χ4n) is 1.92. The summed E-state index contributed by atoms with van der Waals surface area (Å²) in [6.07, 6.45) is -4.73. The molecule has 0 fully saturated rings. The van der Waals surface area contributed by atoms with E-state index in [0.717, 1.165) is 30.7 Å². The van der Waals surface area contributed by atoms with E-state index in [1.807, 2.05) is 6.92 Å². The predicted molar refractivity (Wildman–Crippen MR) is 75.5 cm³/mol. The number of nitrogens with one attached hydrogen (secondary N) is 1. The number of hydrogen-bond acceptors (Lipinski definition) is 3. The molecule has 0 heterocycles. The van der Waals surface area contributed by atoms with E-state index < -0.39 is 35.8 Å². The second-order valence-electron chi connectivity index (χ2n) is 5.06. The first kappa shape index (κ1) is 19.0. The SMILES string of the molecule is CCCC[C@@H](NC(=O)[C@H](O)c1ccc(C(F)(F)F)cc1)C(=O)O. The van der Waals surface area contributed by atoms with E-state index in [2.05, 4.69) is 5.32 Å². The largest absolute Gasteiger partial charge is 0.480 e. The van der Waals surface area contributed by atoms with Crippen LogP contribution < -0.4 is 5.32 Å². The van der Waals surface area contributed by atoms with Gasteiger partial charge in [0.1, 0.15) is 6.04 Å². The van der Waals surface area contributed by atoms with Gasteiger partial charge in [-0.3, -0.25) is 4.79 Å². The van der Waals surface area contributed by atoms with Crippen LogP contribution >= 0.6 is 0 Å². The van der Waals surface area contributed by atoms with E-state index in [1.165, 1.54) is 0 Å². The number of carbonyl (C=O) groups excluding carboxylic acids is 1. The van der Waals surface area contributed by atoms with Crippen molar-refractivity contribution in [2.45, 2.75) is 44.5 Å². The van der Waals surface area contributed by atoms with E-state index in [-0.39, 0.29) is 12.0 Å². The number of carboxylic acid groups (broad SMARTS) is 1. The number of hydrogen-bond donors (Lipinski definition) is 3. The number of aliphatic carboxylic acids is 1. The van der Waals surface area contributed by atoms with Gasteiger partial charge in [0, 0.05) is 0 Å². The van der Waals surface area contributed by atoms with Gasteiger partial charge in [-0.05, 0) is 24.1 Å². The van der Waals surface area contributed by atoms with Crippen molar-refractivity contribution < 1.29 is 33.0 Å². The lowest BCUT2D eigenvalue weighted by molar-refractivity contribution is -0.143. The number of halogens is 3. The first-order valence-corrected chi connectivity index (χ1v) is 7.05. The maximum atomic E-state index is 12.5. The Kier molecular flexibility index (Phi) is 6.56. The van der Waals surface area contributed by atoms with Gasteiger partial charge in [-0.2, -0.15) is 13.2 Å². The second-order valence-corrected chi connectivity index (χ2v) is 5.06. The first-order valence-electron chi connectivity index (χ1n) is 7.05. The van der Waals surface area contributed by atoms with Gasteiger partial charge in [-0.25, -0.2) is 4.79 Å². The topological polar surface area (TPSA) is 86.6 Å². The van der Waals surface area contributed by atoms with Crippen LogP contribution in [-0.2, 0) is 15.8 Å². The number of carboxylic acids is 1. The Hall–Kier alpha value is -2.09. The number of rotatable bonds is 7. The van der Waals surface area contributed by atoms with Crippen LogP contribution in [0.5, 0.6) is 0 Å². The summed E-state index contributed by atoms with van der Waals surface area (Å²) in [4.78, 5) is 22.9. The molecule has 0 aliphatic carbocycles. The van der Waals surface area contributed by atoms with Crippen molar-refractivity contribution in [1.29, 1.82) is 0 Å². The van der Waals surface area contributed by atoms with E-state index in [4.69, 9.17) is 5.11 Å². The summed E-state index contributed by atoms with van der Waals surface area (Å²) in [6.45, 7) is 1.86. The van der Waals surface area contributed by atoms with Crippen molar-refractivity contribution in [1.82, 2.24) is 5.32 Å². The van der Waals surface area contributed by atoms with E-state index in [1.54, 1.807) is 0 Å². The minimum Gasteiger partial charge on any atom is -0.480 e. The molecule has 0 radical (unpaired) electrons. The Labute approximate surface area is 131 Å². The van der Waals surface area contributed by atoms with Crippen molar-refractivity contribution in [2.75, 3.05) is 0 Å². The van der Waals surface area contributed by atoms with Crippen LogP contribution in [0, 0.1) is 0 Å². The molecule has 0 aliphatic rings. The van der Waals surface area contributed by atoms with Gasteiger partial charge in [-0.15, -0.1) is 0 Å². The zero-order valence-electron chi connectivity index (χ0n) is 12.4. The Morgan fingerprint density at radius 2 is 1.78 bits per heavy atom. The number of unbranched alkanes of at least 4 members (excludes halogenated alkanes) is 1. The minimum absolute atomic E-state index is 0.0462. The third kappa shape index (κ3) is 5.55. The maximum Gasteiger partial charge on any atom is 0.416 e. The lowest BCUT2D eigenvalue weighted by Gasteiger charge is -2.17. The second kappa shape index (κ2) is 7.96. The summed E-state index contributed by atoms with van der Waals surface area (Å²) >= 11 is 0. The molecular formula is C15H18F3NO4. The van der Waals surface area contributed by atoms with Crippen molar-refractivity contribution in [3.05, 3.63) is 35.4 Å². The van der Waals surface area contributed by atoms with Crippen LogP contribution in [0.4, 0.5) is 13.2 Å². The number of aliphatic hydroxyl groups excluding tert-OH is 1. The van der Waals surface area contributed by atoms with Gasteiger partial charge >= 0.3 is 12.1 Å². The van der Waals surface area contributed by atoms with Crippen molar-refractivity contribution in [2.24, 2.45) is 0 Å². The fourth-order valence-corrected chi connectivity index (χ4v) is 1.92. The lowest BCUT2D eigenvalue weighted by atomic mass is 10.0. The molecule has 5 nitrogen and oxygen atoms in total. The molecule has 23 heavy (non-hydrogen) atoms. The highest BCUT2D eigenvalue weighted by Gasteiger charge is 2.31. The fraction of sp³-hybridized carbons (Fsp3) is 0.467. The average molecular weight is 333 g/mol. The molecule has 0 aliphatic heterocycles. The summed E-state index contributed by atoms with van der Waals surface area (Å²) in [5.74, 6) is -2.19. The van der Waals surface area contributed by atoms with Crippen LogP contribution in [0.2, 0.25) is 0 Å². The third-order valence-corrected chi connectivity index (χ3v) is 3.26. The van der Waals surface area contributed by atoms with E-state index in [9.17, 15) is 27.9 Å². The molecule has 1 aromatic rings. The Morgan fingerprint density at radius 3 is 2.22 bits per heavy atom.